The summed E-state index contributed by atoms with van der Waals surface area (Å²) in [4.78, 5) is 24.6. The van der Waals surface area contributed by atoms with E-state index in [9.17, 15) is 14.0 Å². The molecule has 1 aliphatic heterocycles. The topological polar surface area (TPSA) is 46.6 Å². The Labute approximate surface area is 110 Å². The third kappa shape index (κ3) is 2.50. The van der Waals surface area contributed by atoms with Gasteiger partial charge in [-0.05, 0) is 18.1 Å². The monoisotopic (exact) mass is 263 g/mol. The summed E-state index contributed by atoms with van der Waals surface area (Å²) in [5, 5.41) is 0. The number of anilines is 1. The first-order valence-corrected chi connectivity index (χ1v) is 5.87. The van der Waals surface area contributed by atoms with Crippen LogP contribution in [-0.2, 0) is 20.7 Å². The largest absolute Gasteiger partial charge is 0.469 e. The van der Waals surface area contributed by atoms with Gasteiger partial charge in [-0.3, -0.25) is 9.59 Å². The molecule has 0 aliphatic carbocycles. The zero-order valence-electron chi connectivity index (χ0n) is 10.6. The van der Waals surface area contributed by atoms with E-state index < -0.39 is 23.7 Å². The van der Waals surface area contributed by atoms with Gasteiger partial charge in [-0.1, -0.05) is 24.8 Å². The molecule has 100 valence electrons. The third-order valence-electron chi connectivity index (χ3n) is 3.15. The fourth-order valence-corrected chi connectivity index (χ4v) is 2.31. The van der Waals surface area contributed by atoms with Crippen LogP contribution < -0.4 is 4.90 Å². The van der Waals surface area contributed by atoms with Crippen LogP contribution in [0, 0.1) is 0 Å². The van der Waals surface area contributed by atoms with Crippen molar-refractivity contribution < 1.29 is 18.7 Å². The SMILES string of the molecule is C=C(F)C(=O)N1c2ccccc2CC1CC(=O)OC. The van der Waals surface area contributed by atoms with E-state index in [1.54, 1.807) is 12.1 Å². The minimum atomic E-state index is -1.04. The molecule has 0 radical (unpaired) electrons. The van der Waals surface area contributed by atoms with Crippen molar-refractivity contribution in [3.8, 4) is 0 Å². The summed E-state index contributed by atoms with van der Waals surface area (Å²) < 4.78 is 17.7. The van der Waals surface area contributed by atoms with Gasteiger partial charge in [0.2, 0.25) is 0 Å². The fraction of sp³-hybridized carbons (Fsp3) is 0.286. The molecular weight excluding hydrogens is 249 g/mol. The van der Waals surface area contributed by atoms with Crippen LogP contribution in [0.4, 0.5) is 10.1 Å². The van der Waals surface area contributed by atoms with Gasteiger partial charge in [-0.2, -0.15) is 0 Å². The maximum atomic E-state index is 13.1. The highest BCUT2D eigenvalue weighted by atomic mass is 19.1. The van der Waals surface area contributed by atoms with Crippen molar-refractivity contribution in [1.29, 1.82) is 0 Å². The van der Waals surface area contributed by atoms with E-state index in [1.807, 2.05) is 12.1 Å². The molecule has 1 amide bonds. The number of methoxy groups -OCH3 is 1. The van der Waals surface area contributed by atoms with Gasteiger partial charge >= 0.3 is 5.97 Å². The van der Waals surface area contributed by atoms with Gasteiger partial charge in [0.05, 0.1) is 19.6 Å². The quantitative estimate of drug-likeness (QED) is 0.619. The first-order valence-electron chi connectivity index (χ1n) is 5.87. The molecule has 0 bridgehead atoms. The second kappa shape index (κ2) is 5.22. The highest BCUT2D eigenvalue weighted by Crippen LogP contribution is 2.34. The molecular formula is C14H14FNO3. The Morgan fingerprint density at radius 3 is 2.79 bits per heavy atom. The van der Waals surface area contributed by atoms with Crippen molar-refractivity contribution >= 4 is 17.6 Å². The van der Waals surface area contributed by atoms with Crippen molar-refractivity contribution in [3.63, 3.8) is 0 Å². The third-order valence-corrected chi connectivity index (χ3v) is 3.15. The lowest BCUT2D eigenvalue weighted by atomic mass is 10.1. The van der Waals surface area contributed by atoms with Gasteiger partial charge < -0.3 is 9.64 Å². The average Bonchev–Trinajstić information content (AvgIpc) is 2.75. The highest BCUT2D eigenvalue weighted by Gasteiger charge is 2.36. The molecule has 0 fully saturated rings. The summed E-state index contributed by atoms with van der Waals surface area (Å²) in [6.45, 7) is 3.03. The smallest absolute Gasteiger partial charge is 0.307 e. The van der Waals surface area contributed by atoms with Crippen molar-refractivity contribution in [2.45, 2.75) is 18.9 Å². The minimum Gasteiger partial charge on any atom is -0.469 e. The zero-order chi connectivity index (χ0) is 14.0. The van der Waals surface area contributed by atoms with E-state index in [2.05, 4.69) is 11.3 Å². The molecule has 2 rings (SSSR count). The van der Waals surface area contributed by atoms with E-state index >= 15 is 0 Å². The number of rotatable bonds is 3. The van der Waals surface area contributed by atoms with Crippen LogP contribution in [-0.4, -0.2) is 25.0 Å². The number of ether oxygens (including phenoxy) is 1. The number of esters is 1. The summed E-state index contributed by atoms with van der Waals surface area (Å²) in [5.74, 6) is -2.27. The number of carbonyl (C=O) groups excluding carboxylic acids is 2. The van der Waals surface area contributed by atoms with Crippen LogP contribution in [0.2, 0.25) is 0 Å². The number of amides is 1. The number of hydrogen-bond acceptors (Lipinski definition) is 3. The molecule has 19 heavy (non-hydrogen) atoms. The Morgan fingerprint density at radius 1 is 1.47 bits per heavy atom. The predicted molar refractivity (Wildman–Crippen MR) is 68.3 cm³/mol. The van der Waals surface area contributed by atoms with Crippen LogP contribution >= 0.6 is 0 Å². The van der Waals surface area contributed by atoms with E-state index in [-0.39, 0.29) is 6.42 Å². The normalized spacial score (nSPS) is 16.9. The maximum Gasteiger partial charge on any atom is 0.307 e. The zero-order valence-corrected chi connectivity index (χ0v) is 10.6. The molecule has 1 atom stereocenters. The van der Waals surface area contributed by atoms with Crippen molar-refractivity contribution in [1.82, 2.24) is 0 Å². The highest BCUT2D eigenvalue weighted by molar-refractivity contribution is 6.05. The Bertz CT molecular complexity index is 541. The Kier molecular flexibility index (Phi) is 3.64. The van der Waals surface area contributed by atoms with Crippen LogP contribution in [0.25, 0.3) is 0 Å². The summed E-state index contributed by atoms with van der Waals surface area (Å²) >= 11 is 0. The fourth-order valence-electron chi connectivity index (χ4n) is 2.31. The first kappa shape index (κ1) is 13.3. The Morgan fingerprint density at radius 2 is 2.16 bits per heavy atom. The van der Waals surface area contributed by atoms with Crippen molar-refractivity contribution in [3.05, 3.63) is 42.2 Å². The molecule has 4 nitrogen and oxygen atoms in total. The van der Waals surface area contributed by atoms with Gasteiger partial charge in [0, 0.05) is 5.69 Å². The van der Waals surface area contributed by atoms with Gasteiger partial charge in [-0.15, -0.1) is 0 Å². The van der Waals surface area contributed by atoms with E-state index in [1.165, 1.54) is 12.0 Å². The van der Waals surface area contributed by atoms with Gasteiger partial charge in [0.1, 0.15) is 0 Å². The summed E-state index contributed by atoms with van der Waals surface area (Å²) in [7, 11) is 1.28. The Hall–Kier alpha value is -2.17. The van der Waals surface area contributed by atoms with Gasteiger partial charge in [0.25, 0.3) is 5.91 Å². The summed E-state index contributed by atoms with van der Waals surface area (Å²) in [5.41, 5.74) is 1.53. The van der Waals surface area contributed by atoms with Crippen LogP contribution in [0.1, 0.15) is 12.0 Å². The first-order chi connectivity index (χ1) is 9.04. The van der Waals surface area contributed by atoms with Crippen LogP contribution in [0.15, 0.2) is 36.7 Å². The minimum absolute atomic E-state index is 0.0319. The van der Waals surface area contributed by atoms with Crippen molar-refractivity contribution in [2.24, 2.45) is 0 Å². The van der Waals surface area contributed by atoms with Crippen LogP contribution in [0.3, 0.4) is 0 Å². The molecule has 1 heterocycles. The Balaban J connectivity index is 2.33. The summed E-state index contributed by atoms with van der Waals surface area (Å²) in [6, 6.07) is 6.76. The van der Waals surface area contributed by atoms with E-state index in [4.69, 9.17) is 0 Å². The number of hydrogen-bond donors (Lipinski definition) is 0. The standard InChI is InChI=1S/C14H14FNO3/c1-9(15)14(18)16-11(8-13(17)19-2)7-10-5-3-4-6-12(10)16/h3-6,11H,1,7-8H2,2H3. The molecule has 1 aromatic rings. The molecule has 0 spiro atoms. The average molecular weight is 263 g/mol. The molecule has 0 saturated heterocycles. The molecule has 1 aromatic carbocycles. The van der Waals surface area contributed by atoms with E-state index in [0.717, 1.165) is 5.56 Å². The lowest BCUT2D eigenvalue weighted by Crippen LogP contribution is -2.39. The summed E-state index contributed by atoms with van der Waals surface area (Å²) in [6.07, 6.45) is 0.536. The number of fused-ring (bicyclic) bond motifs is 1. The number of para-hydroxylation sites is 1. The molecule has 5 heteroatoms. The van der Waals surface area contributed by atoms with Gasteiger partial charge in [0.15, 0.2) is 5.83 Å². The van der Waals surface area contributed by atoms with E-state index in [0.29, 0.717) is 12.1 Å². The number of carbonyl (C=O) groups is 2. The maximum absolute atomic E-state index is 13.1. The number of halogens is 1. The second-order valence-corrected chi connectivity index (χ2v) is 4.35. The number of nitrogens with zero attached hydrogens (tertiary/aromatic N) is 1. The van der Waals surface area contributed by atoms with Crippen LogP contribution in [0.5, 0.6) is 0 Å². The number of benzene rings is 1. The molecule has 0 aromatic heterocycles. The molecule has 1 aliphatic rings. The molecule has 1 unspecified atom stereocenters. The second-order valence-electron chi connectivity index (χ2n) is 4.35. The molecule has 0 saturated carbocycles. The predicted octanol–water partition coefficient (Wildman–Crippen LogP) is 1.99. The van der Waals surface area contributed by atoms with Crippen molar-refractivity contribution in [2.75, 3.05) is 12.0 Å². The lowest BCUT2D eigenvalue weighted by molar-refractivity contribution is -0.141. The molecule has 0 N–H and O–H groups in total. The van der Waals surface area contributed by atoms with Gasteiger partial charge in [-0.25, -0.2) is 4.39 Å². The lowest BCUT2D eigenvalue weighted by Gasteiger charge is -2.23.